The summed E-state index contributed by atoms with van der Waals surface area (Å²) < 4.78 is 0. The van der Waals surface area contributed by atoms with E-state index in [0.717, 1.165) is 0 Å². The quantitative estimate of drug-likeness (QED) is 0.238. The van der Waals surface area contributed by atoms with Crippen molar-refractivity contribution < 1.29 is 40.9 Å². The standard InChI is InChI=1S/C6H14O6.C3H8O2/c7-1-3(9)5(11)6(12)4(10)2-8;1-3(5)2-4/h3-12H,1-2H2;3-5H,2H2,1H3/t3-,4-,5-,6-;/m1./s1. The van der Waals surface area contributed by atoms with Crippen LogP contribution in [0.15, 0.2) is 0 Å². The van der Waals surface area contributed by atoms with Crippen LogP contribution < -0.4 is 0 Å². The number of aliphatic hydroxyl groups excluding tert-OH is 8. The summed E-state index contributed by atoms with van der Waals surface area (Å²) in [6, 6.07) is 0. The minimum atomic E-state index is -1.67. The number of hydrogen-bond donors (Lipinski definition) is 8. The first-order valence-corrected chi connectivity index (χ1v) is 5.04. The molecule has 0 heterocycles. The Hall–Kier alpha value is -0.320. The van der Waals surface area contributed by atoms with Crippen LogP contribution in [0.2, 0.25) is 0 Å². The molecule has 0 spiro atoms. The first-order chi connectivity index (χ1) is 7.81. The van der Waals surface area contributed by atoms with Crippen LogP contribution in [-0.2, 0) is 0 Å². The molecule has 0 aliphatic heterocycles. The zero-order valence-electron chi connectivity index (χ0n) is 9.59. The predicted molar refractivity (Wildman–Crippen MR) is 57.0 cm³/mol. The molecule has 1 unspecified atom stereocenters. The van der Waals surface area contributed by atoms with Crippen molar-refractivity contribution in [2.24, 2.45) is 0 Å². The molecule has 0 aromatic carbocycles. The highest BCUT2D eigenvalue weighted by atomic mass is 16.4. The van der Waals surface area contributed by atoms with Gasteiger partial charge in [0.1, 0.15) is 24.4 Å². The van der Waals surface area contributed by atoms with Gasteiger partial charge in [-0.05, 0) is 6.92 Å². The largest absolute Gasteiger partial charge is 0.394 e. The molecule has 0 aliphatic rings. The van der Waals surface area contributed by atoms with Gasteiger partial charge in [-0.15, -0.1) is 0 Å². The van der Waals surface area contributed by atoms with Gasteiger partial charge in [-0.2, -0.15) is 0 Å². The monoisotopic (exact) mass is 258 g/mol. The van der Waals surface area contributed by atoms with Crippen LogP contribution in [0.1, 0.15) is 6.92 Å². The smallest absolute Gasteiger partial charge is 0.111 e. The summed E-state index contributed by atoms with van der Waals surface area (Å²) in [7, 11) is 0. The van der Waals surface area contributed by atoms with Gasteiger partial charge in [0.2, 0.25) is 0 Å². The summed E-state index contributed by atoms with van der Waals surface area (Å²) in [5.41, 5.74) is 0. The average Bonchev–Trinajstić information content (AvgIpc) is 2.35. The van der Waals surface area contributed by atoms with E-state index in [1.165, 1.54) is 6.92 Å². The fraction of sp³-hybridized carbons (Fsp3) is 1.00. The molecule has 0 bridgehead atoms. The van der Waals surface area contributed by atoms with Gasteiger partial charge in [-0.1, -0.05) is 0 Å². The summed E-state index contributed by atoms with van der Waals surface area (Å²) in [4.78, 5) is 0. The van der Waals surface area contributed by atoms with E-state index in [9.17, 15) is 0 Å². The minimum Gasteiger partial charge on any atom is -0.394 e. The molecular weight excluding hydrogens is 236 g/mol. The molecule has 8 heteroatoms. The van der Waals surface area contributed by atoms with Gasteiger partial charge in [0.15, 0.2) is 0 Å². The first-order valence-electron chi connectivity index (χ1n) is 5.04. The Bertz CT molecular complexity index is 151. The minimum absolute atomic E-state index is 0.139. The highest BCUT2D eigenvalue weighted by Gasteiger charge is 2.29. The number of aliphatic hydroxyl groups is 8. The summed E-state index contributed by atoms with van der Waals surface area (Å²) in [6.45, 7) is -0.0627. The third kappa shape index (κ3) is 9.39. The van der Waals surface area contributed by atoms with E-state index < -0.39 is 43.7 Å². The summed E-state index contributed by atoms with van der Waals surface area (Å²) in [5.74, 6) is 0. The zero-order chi connectivity index (χ0) is 14.0. The van der Waals surface area contributed by atoms with Crippen molar-refractivity contribution in [3.05, 3.63) is 0 Å². The molecule has 0 radical (unpaired) electrons. The molecule has 0 aromatic heterocycles. The normalized spacial score (nSPS) is 19.6. The molecule has 0 aliphatic carbocycles. The Morgan fingerprint density at radius 3 is 1.00 bits per heavy atom. The Labute approximate surface area is 99.0 Å². The first kappa shape index (κ1) is 19.0. The fourth-order valence-electron chi connectivity index (χ4n) is 0.671. The fourth-order valence-corrected chi connectivity index (χ4v) is 0.671. The molecule has 17 heavy (non-hydrogen) atoms. The summed E-state index contributed by atoms with van der Waals surface area (Å²) >= 11 is 0. The molecule has 0 amide bonds. The Morgan fingerprint density at radius 2 is 0.882 bits per heavy atom. The summed E-state index contributed by atoms with van der Waals surface area (Å²) in [5, 5.41) is 68.2. The Kier molecular flexibility index (Phi) is 12.1. The van der Waals surface area contributed by atoms with Crippen LogP contribution in [0, 0.1) is 0 Å². The van der Waals surface area contributed by atoms with Gasteiger partial charge in [-0.3, -0.25) is 0 Å². The third-order valence-electron chi connectivity index (χ3n) is 1.78. The molecule has 106 valence electrons. The molecule has 0 aromatic rings. The lowest BCUT2D eigenvalue weighted by Crippen LogP contribution is -2.46. The molecule has 0 fully saturated rings. The molecule has 0 saturated carbocycles. The molecule has 8 N–H and O–H groups in total. The van der Waals surface area contributed by atoms with E-state index in [1.807, 2.05) is 0 Å². The van der Waals surface area contributed by atoms with Crippen molar-refractivity contribution in [3.63, 3.8) is 0 Å². The van der Waals surface area contributed by atoms with Crippen LogP contribution in [0.3, 0.4) is 0 Å². The molecule has 8 nitrogen and oxygen atoms in total. The van der Waals surface area contributed by atoms with E-state index in [2.05, 4.69) is 0 Å². The van der Waals surface area contributed by atoms with Crippen LogP contribution in [0.5, 0.6) is 0 Å². The highest BCUT2D eigenvalue weighted by Crippen LogP contribution is 2.03. The van der Waals surface area contributed by atoms with Gasteiger partial charge in [0.05, 0.1) is 25.9 Å². The van der Waals surface area contributed by atoms with E-state index in [0.29, 0.717) is 0 Å². The maximum absolute atomic E-state index is 8.96. The van der Waals surface area contributed by atoms with Gasteiger partial charge < -0.3 is 40.9 Å². The Morgan fingerprint density at radius 1 is 0.647 bits per heavy atom. The average molecular weight is 258 g/mol. The van der Waals surface area contributed by atoms with E-state index in [4.69, 9.17) is 40.9 Å². The van der Waals surface area contributed by atoms with Crippen LogP contribution in [-0.4, -0.2) is 91.2 Å². The number of rotatable bonds is 6. The second kappa shape index (κ2) is 10.8. The van der Waals surface area contributed by atoms with Crippen molar-refractivity contribution in [2.45, 2.75) is 37.4 Å². The SMILES string of the molecule is CC(O)CO.OC[C@@H](O)[C@@H](O)[C@H](O)[C@H](O)CO. The predicted octanol–water partition coefficient (Wildman–Crippen LogP) is -4.23. The van der Waals surface area contributed by atoms with Gasteiger partial charge >= 0.3 is 0 Å². The van der Waals surface area contributed by atoms with E-state index >= 15 is 0 Å². The van der Waals surface area contributed by atoms with Crippen LogP contribution in [0.4, 0.5) is 0 Å². The van der Waals surface area contributed by atoms with Gasteiger partial charge in [0.25, 0.3) is 0 Å². The van der Waals surface area contributed by atoms with Gasteiger partial charge in [0, 0.05) is 0 Å². The lowest BCUT2D eigenvalue weighted by Gasteiger charge is -2.24. The molecular formula is C9H22O8. The molecule has 5 atom stereocenters. The highest BCUT2D eigenvalue weighted by molar-refractivity contribution is 4.79. The van der Waals surface area contributed by atoms with E-state index in [1.54, 1.807) is 0 Å². The van der Waals surface area contributed by atoms with E-state index in [-0.39, 0.29) is 6.61 Å². The third-order valence-corrected chi connectivity index (χ3v) is 1.78. The molecule has 0 rings (SSSR count). The topological polar surface area (TPSA) is 162 Å². The number of hydrogen-bond acceptors (Lipinski definition) is 8. The van der Waals surface area contributed by atoms with Crippen molar-refractivity contribution in [3.8, 4) is 0 Å². The van der Waals surface area contributed by atoms with Crippen molar-refractivity contribution >= 4 is 0 Å². The second-order valence-corrected chi connectivity index (χ2v) is 3.51. The maximum atomic E-state index is 8.96. The van der Waals surface area contributed by atoms with Crippen LogP contribution in [0.25, 0.3) is 0 Å². The van der Waals surface area contributed by atoms with Crippen molar-refractivity contribution in [2.75, 3.05) is 19.8 Å². The summed E-state index contributed by atoms with van der Waals surface area (Å²) in [6.07, 6.45) is -6.95. The van der Waals surface area contributed by atoms with Crippen LogP contribution >= 0.6 is 0 Å². The van der Waals surface area contributed by atoms with Crippen molar-refractivity contribution in [1.29, 1.82) is 0 Å². The zero-order valence-corrected chi connectivity index (χ0v) is 9.59. The molecule has 0 saturated heterocycles. The second-order valence-electron chi connectivity index (χ2n) is 3.51. The van der Waals surface area contributed by atoms with Crippen molar-refractivity contribution in [1.82, 2.24) is 0 Å². The lowest BCUT2D eigenvalue weighted by molar-refractivity contribution is -0.123. The maximum Gasteiger partial charge on any atom is 0.111 e. The van der Waals surface area contributed by atoms with Gasteiger partial charge in [-0.25, -0.2) is 0 Å². The lowest BCUT2D eigenvalue weighted by atomic mass is 10.0. The Balaban J connectivity index is 0.